The predicted molar refractivity (Wildman–Crippen MR) is 113 cm³/mol. The summed E-state index contributed by atoms with van der Waals surface area (Å²) in [4.78, 5) is 19.6. The number of nitrogens with zero attached hydrogens (tertiary/aromatic N) is 5. The van der Waals surface area contributed by atoms with Gasteiger partial charge in [0.05, 0.1) is 29.6 Å². The third-order valence-corrected chi connectivity index (χ3v) is 4.62. The summed E-state index contributed by atoms with van der Waals surface area (Å²) in [6.45, 7) is 2.48. The molecular formula is C22H22N6. The van der Waals surface area contributed by atoms with E-state index in [0.717, 1.165) is 39.2 Å². The monoisotopic (exact) mass is 370 g/mol. The Bertz CT molecular complexity index is 1090. The van der Waals surface area contributed by atoms with Crippen molar-refractivity contribution >= 4 is 22.4 Å². The Morgan fingerprint density at radius 2 is 1.64 bits per heavy atom. The summed E-state index contributed by atoms with van der Waals surface area (Å²) in [6, 6.07) is 14.8. The standard InChI is InChI=1S/C22H22N6/c1-15-11-24-18(12-23-15)13-25-22-20-10-17(6-9-21(20)26-14-27-22)16-4-7-19(8-5-16)28(2)3/h4-12,14H,13H2,1-3H3,(H,25,26,27). The maximum absolute atomic E-state index is 4.43. The average Bonchev–Trinajstić information content (AvgIpc) is 2.73. The predicted octanol–water partition coefficient (Wildman–Crippen LogP) is 4.07. The van der Waals surface area contributed by atoms with Gasteiger partial charge in [0.2, 0.25) is 0 Å². The first-order valence-corrected chi connectivity index (χ1v) is 9.14. The minimum Gasteiger partial charge on any atom is -0.378 e. The zero-order chi connectivity index (χ0) is 19.5. The summed E-state index contributed by atoms with van der Waals surface area (Å²) in [6.07, 6.45) is 5.13. The third kappa shape index (κ3) is 3.76. The lowest BCUT2D eigenvalue weighted by Gasteiger charge is -2.13. The van der Waals surface area contributed by atoms with Gasteiger partial charge in [-0.2, -0.15) is 0 Å². The van der Waals surface area contributed by atoms with Gasteiger partial charge >= 0.3 is 0 Å². The molecule has 0 atom stereocenters. The van der Waals surface area contributed by atoms with Gasteiger partial charge in [0, 0.05) is 31.4 Å². The highest BCUT2D eigenvalue weighted by molar-refractivity contribution is 5.92. The first-order chi connectivity index (χ1) is 13.6. The maximum atomic E-state index is 4.43. The van der Waals surface area contributed by atoms with Crippen molar-refractivity contribution in [2.45, 2.75) is 13.5 Å². The fraction of sp³-hybridized carbons (Fsp3) is 0.182. The van der Waals surface area contributed by atoms with Crippen LogP contribution in [0.25, 0.3) is 22.0 Å². The number of hydrogen-bond donors (Lipinski definition) is 1. The molecule has 6 heteroatoms. The van der Waals surface area contributed by atoms with E-state index in [-0.39, 0.29) is 0 Å². The second kappa shape index (κ2) is 7.60. The van der Waals surface area contributed by atoms with Gasteiger partial charge in [-0.1, -0.05) is 18.2 Å². The zero-order valence-corrected chi connectivity index (χ0v) is 16.2. The van der Waals surface area contributed by atoms with E-state index in [1.165, 1.54) is 5.69 Å². The fourth-order valence-electron chi connectivity index (χ4n) is 3.01. The third-order valence-electron chi connectivity index (χ3n) is 4.62. The van der Waals surface area contributed by atoms with Crippen LogP contribution in [0.1, 0.15) is 11.4 Å². The second-order valence-corrected chi connectivity index (χ2v) is 6.90. The molecule has 0 fully saturated rings. The number of rotatable bonds is 5. The van der Waals surface area contributed by atoms with Gasteiger partial charge in [0.25, 0.3) is 0 Å². The van der Waals surface area contributed by atoms with E-state index in [2.05, 4.69) is 66.6 Å². The molecule has 4 aromatic rings. The molecule has 0 amide bonds. The summed E-state index contributed by atoms with van der Waals surface area (Å²) in [5, 5.41) is 4.35. The summed E-state index contributed by atoms with van der Waals surface area (Å²) in [7, 11) is 4.08. The van der Waals surface area contributed by atoms with Gasteiger partial charge < -0.3 is 10.2 Å². The normalized spacial score (nSPS) is 10.8. The molecule has 2 aromatic carbocycles. The first-order valence-electron chi connectivity index (χ1n) is 9.14. The minimum absolute atomic E-state index is 0.557. The molecule has 6 nitrogen and oxygen atoms in total. The van der Waals surface area contributed by atoms with Gasteiger partial charge in [-0.3, -0.25) is 9.97 Å². The zero-order valence-electron chi connectivity index (χ0n) is 16.2. The Kier molecular flexibility index (Phi) is 4.85. The summed E-state index contributed by atoms with van der Waals surface area (Å²) in [5.74, 6) is 0.791. The van der Waals surface area contributed by atoms with Gasteiger partial charge in [0.1, 0.15) is 12.1 Å². The van der Waals surface area contributed by atoms with Gasteiger partial charge in [-0.25, -0.2) is 9.97 Å². The van der Waals surface area contributed by atoms with Crippen LogP contribution >= 0.6 is 0 Å². The SMILES string of the molecule is Cc1cnc(CNc2ncnc3ccc(-c4ccc(N(C)C)cc4)cc23)cn1. The Balaban J connectivity index is 1.64. The van der Waals surface area contributed by atoms with E-state index in [0.29, 0.717) is 6.54 Å². The van der Waals surface area contributed by atoms with Crippen molar-refractivity contribution in [3.63, 3.8) is 0 Å². The molecule has 2 aromatic heterocycles. The Hall–Kier alpha value is -3.54. The van der Waals surface area contributed by atoms with E-state index in [1.807, 2.05) is 27.1 Å². The van der Waals surface area contributed by atoms with Crippen LogP contribution in [0.2, 0.25) is 0 Å². The van der Waals surface area contributed by atoms with Gasteiger partial charge in [0.15, 0.2) is 0 Å². The Labute approximate surface area is 164 Å². The number of nitrogens with one attached hydrogen (secondary N) is 1. The molecule has 0 aliphatic carbocycles. The molecule has 0 spiro atoms. The van der Waals surface area contributed by atoms with Crippen molar-refractivity contribution < 1.29 is 0 Å². The highest BCUT2D eigenvalue weighted by Crippen LogP contribution is 2.28. The van der Waals surface area contributed by atoms with Crippen LogP contribution in [-0.2, 0) is 6.54 Å². The van der Waals surface area contributed by atoms with Crippen LogP contribution in [-0.4, -0.2) is 34.0 Å². The van der Waals surface area contributed by atoms with Crippen molar-refractivity contribution in [2.24, 2.45) is 0 Å². The topological polar surface area (TPSA) is 66.8 Å². The van der Waals surface area contributed by atoms with Gasteiger partial charge in [-0.05, 0) is 42.3 Å². The van der Waals surface area contributed by atoms with Crippen molar-refractivity contribution in [1.82, 2.24) is 19.9 Å². The van der Waals surface area contributed by atoms with Crippen LogP contribution in [0.15, 0.2) is 61.2 Å². The molecule has 0 saturated heterocycles. The molecule has 0 bridgehead atoms. The molecule has 0 saturated carbocycles. The lowest BCUT2D eigenvalue weighted by Crippen LogP contribution is -2.07. The molecular weight excluding hydrogens is 348 g/mol. The largest absolute Gasteiger partial charge is 0.378 e. The molecule has 0 radical (unpaired) electrons. The second-order valence-electron chi connectivity index (χ2n) is 6.90. The molecule has 4 rings (SSSR count). The van der Waals surface area contributed by atoms with E-state index < -0.39 is 0 Å². The first kappa shape index (κ1) is 17.9. The molecule has 28 heavy (non-hydrogen) atoms. The van der Waals surface area contributed by atoms with Crippen LogP contribution in [0.3, 0.4) is 0 Å². The average molecular weight is 370 g/mol. The number of fused-ring (bicyclic) bond motifs is 1. The molecule has 0 unspecified atom stereocenters. The molecule has 1 N–H and O–H groups in total. The van der Waals surface area contributed by atoms with E-state index in [9.17, 15) is 0 Å². The van der Waals surface area contributed by atoms with Gasteiger partial charge in [-0.15, -0.1) is 0 Å². The van der Waals surface area contributed by atoms with Crippen LogP contribution < -0.4 is 10.2 Å². The number of aryl methyl sites for hydroxylation is 1. The van der Waals surface area contributed by atoms with Crippen molar-refractivity contribution in [3.05, 3.63) is 72.6 Å². The van der Waals surface area contributed by atoms with Crippen molar-refractivity contribution in [2.75, 3.05) is 24.3 Å². The molecule has 0 aliphatic rings. The highest BCUT2D eigenvalue weighted by atomic mass is 15.1. The Morgan fingerprint density at radius 1 is 0.857 bits per heavy atom. The van der Waals surface area contributed by atoms with E-state index in [1.54, 1.807) is 18.7 Å². The lowest BCUT2D eigenvalue weighted by atomic mass is 10.0. The minimum atomic E-state index is 0.557. The Morgan fingerprint density at radius 3 is 2.36 bits per heavy atom. The van der Waals surface area contributed by atoms with E-state index >= 15 is 0 Å². The number of anilines is 2. The lowest BCUT2D eigenvalue weighted by molar-refractivity contribution is 0.977. The van der Waals surface area contributed by atoms with Crippen LogP contribution in [0.5, 0.6) is 0 Å². The number of hydrogen-bond acceptors (Lipinski definition) is 6. The smallest absolute Gasteiger partial charge is 0.137 e. The van der Waals surface area contributed by atoms with Crippen molar-refractivity contribution in [1.29, 1.82) is 0 Å². The molecule has 0 aliphatic heterocycles. The summed E-state index contributed by atoms with van der Waals surface area (Å²) >= 11 is 0. The maximum Gasteiger partial charge on any atom is 0.137 e. The van der Waals surface area contributed by atoms with E-state index in [4.69, 9.17) is 0 Å². The molecule has 2 heterocycles. The highest BCUT2D eigenvalue weighted by Gasteiger charge is 2.07. The number of aromatic nitrogens is 4. The van der Waals surface area contributed by atoms with Crippen LogP contribution in [0.4, 0.5) is 11.5 Å². The number of benzene rings is 2. The quantitative estimate of drug-likeness (QED) is 0.571. The fourth-order valence-corrected chi connectivity index (χ4v) is 3.01. The summed E-state index contributed by atoms with van der Waals surface area (Å²) < 4.78 is 0. The van der Waals surface area contributed by atoms with Crippen LogP contribution in [0, 0.1) is 6.92 Å². The summed E-state index contributed by atoms with van der Waals surface area (Å²) in [5.41, 5.74) is 6.14. The van der Waals surface area contributed by atoms with Crippen molar-refractivity contribution in [3.8, 4) is 11.1 Å². The molecule has 140 valence electrons.